The third kappa shape index (κ3) is 4.96. The molecule has 9 nitrogen and oxygen atoms in total. The van der Waals surface area contributed by atoms with Crippen LogP contribution in [0.5, 0.6) is 5.75 Å². The molecule has 4 aromatic rings. The molecular formula is C24H21FN4O5. The van der Waals surface area contributed by atoms with Crippen LogP contribution in [-0.2, 0) is 13.2 Å². The molecule has 0 saturated heterocycles. The van der Waals surface area contributed by atoms with E-state index < -0.39 is 11.8 Å². The van der Waals surface area contributed by atoms with Crippen molar-refractivity contribution in [2.24, 2.45) is 0 Å². The van der Waals surface area contributed by atoms with Gasteiger partial charge in [-0.1, -0.05) is 25.1 Å². The fourth-order valence-electron chi connectivity index (χ4n) is 3.26. The molecular weight excluding hydrogens is 443 g/mol. The van der Waals surface area contributed by atoms with Crippen molar-refractivity contribution in [1.82, 2.24) is 20.6 Å². The minimum atomic E-state index is -0.687. The highest BCUT2D eigenvalue weighted by molar-refractivity contribution is 6.05. The zero-order valence-electron chi connectivity index (χ0n) is 18.2. The molecule has 0 bridgehead atoms. The summed E-state index contributed by atoms with van der Waals surface area (Å²) in [6.45, 7) is 2.28. The van der Waals surface area contributed by atoms with E-state index in [2.05, 4.69) is 16.0 Å². The van der Waals surface area contributed by atoms with Crippen LogP contribution in [0.1, 0.15) is 40.1 Å². The minimum absolute atomic E-state index is 0.0109. The average molecular weight is 464 g/mol. The molecule has 2 aromatic heterocycles. The molecule has 0 fully saturated rings. The molecule has 4 rings (SSSR count). The van der Waals surface area contributed by atoms with Crippen LogP contribution >= 0.6 is 0 Å². The van der Waals surface area contributed by atoms with Gasteiger partial charge in [-0.15, -0.1) is 0 Å². The summed E-state index contributed by atoms with van der Waals surface area (Å²) in [5.41, 5.74) is 4.31. The summed E-state index contributed by atoms with van der Waals surface area (Å²) in [4.78, 5) is 37.7. The summed E-state index contributed by atoms with van der Waals surface area (Å²) >= 11 is 0. The second-order valence-electron chi connectivity index (χ2n) is 7.34. The quantitative estimate of drug-likeness (QED) is 0.406. The maximum atomic E-state index is 13.0. The first-order valence-corrected chi connectivity index (χ1v) is 10.5. The van der Waals surface area contributed by atoms with Crippen LogP contribution in [-0.4, -0.2) is 21.6 Å². The number of amides is 2. The number of ether oxygens (including phenoxy) is 1. The molecule has 2 heterocycles. The Morgan fingerprint density at radius 3 is 2.44 bits per heavy atom. The van der Waals surface area contributed by atoms with Crippen molar-refractivity contribution in [2.45, 2.75) is 26.5 Å². The number of halogens is 1. The predicted octanol–water partition coefficient (Wildman–Crippen LogP) is 3.19. The predicted molar refractivity (Wildman–Crippen MR) is 121 cm³/mol. The summed E-state index contributed by atoms with van der Waals surface area (Å²) in [5, 5.41) is 4.92. The summed E-state index contributed by atoms with van der Waals surface area (Å²) < 4.78 is 25.1. The molecule has 0 aliphatic heterocycles. The zero-order chi connectivity index (χ0) is 24.1. The summed E-state index contributed by atoms with van der Waals surface area (Å²) in [5.74, 6) is -0.987. The molecule has 0 spiro atoms. The van der Waals surface area contributed by atoms with E-state index in [1.807, 2.05) is 6.92 Å². The van der Waals surface area contributed by atoms with Crippen molar-refractivity contribution in [3.05, 3.63) is 94.0 Å². The van der Waals surface area contributed by atoms with Gasteiger partial charge in [0.05, 0.1) is 5.39 Å². The number of fused-ring (bicyclic) bond motifs is 1. The van der Waals surface area contributed by atoms with Crippen molar-refractivity contribution in [3.8, 4) is 5.75 Å². The highest BCUT2D eigenvalue weighted by Gasteiger charge is 2.18. The number of hydrogen-bond acceptors (Lipinski definition) is 6. The highest BCUT2D eigenvalue weighted by Crippen LogP contribution is 2.16. The van der Waals surface area contributed by atoms with Gasteiger partial charge in [-0.25, -0.2) is 9.07 Å². The monoisotopic (exact) mass is 464 g/mol. The number of carbonyl (C=O) groups excluding carboxylic acids is 2. The summed E-state index contributed by atoms with van der Waals surface area (Å²) in [7, 11) is 0. The van der Waals surface area contributed by atoms with Crippen LogP contribution in [0, 0.1) is 5.82 Å². The van der Waals surface area contributed by atoms with E-state index in [9.17, 15) is 18.8 Å². The maximum Gasteiger partial charge on any atom is 0.305 e. The number of rotatable bonds is 7. The number of aromatic nitrogens is 2. The van der Waals surface area contributed by atoms with E-state index in [4.69, 9.17) is 9.15 Å². The van der Waals surface area contributed by atoms with Crippen molar-refractivity contribution in [2.75, 3.05) is 0 Å². The van der Waals surface area contributed by atoms with E-state index in [0.717, 1.165) is 0 Å². The Bertz CT molecular complexity index is 1390. The molecule has 34 heavy (non-hydrogen) atoms. The highest BCUT2D eigenvalue weighted by atomic mass is 19.1. The number of hydrogen-bond donors (Lipinski definition) is 2. The van der Waals surface area contributed by atoms with Crippen LogP contribution in [0.3, 0.4) is 0 Å². The van der Waals surface area contributed by atoms with Gasteiger partial charge in [-0.2, -0.15) is 5.10 Å². The normalized spacial score (nSPS) is 10.8. The Kier molecular flexibility index (Phi) is 6.67. The van der Waals surface area contributed by atoms with Crippen molar-refractivity contribution >= 4 is 22.6 Å². The van der Waals surface area contributed by atoms with Gasteiger partial charge in [0.1, 0.15) is 23.9 Å². The van der Waals surface area contributed by atoms with Crippen molar-refractivity contribution in [3.63, 3.8) is 0 Å². The molecule has 174 valence electrons. The lowest BCUT2D eigenvalue weighted by Crippen LogP contribution is -2.42. The Morgan fingerprint density at radius 2 is 1.71 bits per heavy atom. The van der Waals surface area contributed by atoms with E-state index in [1.165, 1.54) is 35.0 Å². The average Bonchev–Trinajstić information content (AvgIpc) is 3.33. The van der Waals surface area contributed by atoms with Gasteiger partial charge in [0, 0.05) is 11.9 Å². The second-order valence-corrected chi connectivity index (χ2v) is 7.34. The lowest BCUT2D eigenvalue weighted by atomic mass is 10.1. The minimum Gasteiger partial charge on any atom is -0.486 e. The van der Waals surface area contributed by atoms with Gasteiger partial charge in [0.2, 0.25) is 0 Å². The van der Waals surface area contributed by atoms with Crippen molar-refractivity contribution in [1.29, 1.82) is 0 Å². The number of nitrogens with one attached hydrogen (secondary N) is 2. The van der Waals surface area contributed by atoms with E-state index in [0.29, 0.717) is 35.2 Å². The fraction of sp³-hybridized carbons (Fsp3) is 0.167. The maximum absolute atomic E-state index is 13.0. The Balaban J connectivity index is 1.42. The topological polar surface area (TPSA) is 115 Å². The second kappa shape index (κ2) is 9.99. The smallest absolute Gasteiger partial charge is 0.305 e. The van der Waals surface area contributed by atoms with E-state index in [-0.39, 0.29) is 29.4 Å². The summed E-state index contributed by atoms with van der Waals surface area (Å²) in [6, 6.07) is 15.1. The molecule has 0 atom stereocenters. The first-order valence-electron chi connectivity index (χ1n) is 10.5. The fourth-order valence-corrected chi connectivity index (χ4v) is 3.26. The van der Waals surface area contributed by atoms with Gasteiger partial charge < -0.3 is 9.15 Å². The van der Waals surface area contributed by atoms with E-state index in [1.54, 1.807) is 30.3 Å². The number of furan rings is 1. The molecule has 0 aliphatic rings. The molecule has 0 unspecified atom stereocenters. The van der Waals surface area contributed by atoms with Gasteiger partial charge in [0.25, 0.3) is 11.5 Å². The van der Waals surface area contributed by atoms with Crippen LogP contribution in [0.15, 0.2) is 69.9 Å². The SMILES string of the molecule is CCCn1nc(C(=O)NNC(=O)c2ccc(COc3ccc(F)cc3)o2)c2ccccc2c1=O. The van der Waals surface area contributed by atoms with Crippen LogP contribution in [0.25, 0.3) is 10.8 Å². The Morgan fingerprint density at radius 1 is 1.00 bits per heavy atom. The van der Waals surface area contributed by atoms with Crippen LogP contribution in [0.2, 0.25) is 0 Å². The van der Waals surface area contributed by atoms with E-state index >= 15 is 0 Å². The molecule has 2 aromatic carbocycles. The Hall–Kier alpha value is -4.47. The number of nitrogens with zero attached hydrogens (tertiary/aromatic N) is 2. The first-order chi connectivity index (χ1) is 16.5. The molecule has 0 radical (unpaired) electrons. The summed E-state index contributed by atoms with van der Waals surface area (Å²) in [6.07, 6.45) is 0.661. The Labute approximate surface area is 193 Å². The largest absolute Gasteiger partial charge is 0.486 e. The van der Waals surface area contributed by atoms with Crippen molar-refractivity contribution < 1.29 is 23.1 Å². The van der Waals surface area contributed by atoms with Crippen LogP contribution < -0.4 is 21.1 Å². The molecule has 2 N–H and O–H groups in total. The third-order valence-electron chi connectivity index (χ3n) is 4.89. The third-order valence-corrected chi connectivity index (χ3v) is 4.89. The lowest BCUT2D eigenvalue weighted by molar-refractivity contribution is 0.0826. The van der Waals surface area contributed by atoms with Gasteiger partial charge in [-0.3, -0.25) is 25.2 Å². The molecule has 2 amide bonds. The van der Waals surface area contributed by atoms with Gasteiger partial charge in [0.15, 0.2) is 11.5 Å². The lowest BCUT2D eigenvalue weighted by Gasteiger charge is -2.11. The van der Waals surface area contributed by atoms with Gasteiger partial charge in [-0.05, 0) is 48.9 Å². The zero-order valence-corrected chi connectivity index (χ0v) is 18.2. The standard InChI is InChI=1S/C24H21FN4O5/c1-2-13-29-24(32)19-6-4-3-5-18(19)21(28-29)23(31)27-26-22(30)20-12-11-17(34-20)14-33-16-9-7-15(25)8-10-16/h3-12H,2,13-14H2,1H3,(H,26,30)(H,27,31). The molecule has 0 aliphatic carbocycles. The first kappa shape index (κ1) is 22.7. The number of benzene rings is 2. The van der Waals surface area contributed by atoms with Gasteiger partial charge >= 0.3 is 5.91 Å². The number of carbonyl (C=O) groups is 2. The molecule has 10 heteroatoms. The number of hydrazine groups is 1. The molecule has 0 saturated carbocycles. The number of aryl methyl sites for hydroxylation is 1. The van der Waals surface area contributed by atoms with Crippen LogP contribution in [0.4, 0.5) is 4.39 Å².